The van der Waals surface area contributed by atoms with Crippen LogP contribution in [-0.2, 0) is 27.5 Å². The fraction of sp³-hybridized carbons (Fsp3) is 0.258. The Morgan fingerprint density at radius 1 is 1.16 bits per heavy atom. The summed E-state index contributed by atoms with van der Waals surface area (Å²) < 4.78 is 35.2. The van der Waals surface area contributed by atoms with Gasteiger partial charge in [-0.3, -0.25) is 19.2 Å². The number of allylic oxidation sites excluding steroid dienone is 1. The molecule has 236 valence electrons. The van der Waals surface area contributed by atoms with E-state index in [1.807, 2.05) is 0 Å². The largest absolute Gasteiger partial charge is 0.487 e. The van der Waals surface area contributed by atoms with Crippen molar-refractivity contribution in [1.29, 1.82) is 0 Å². The summed E-state index contributed by atoms with van der Waals surface area (Å²) in [5.74, 6) is -2.62. The first-order valence-corrected chi connectivity index (χ1v) is 14.6. The molecule has 0 saturated carbocycles. The summed E-state index contributed by atoms with van der Waals surface area (Å²) in [5.41, 5.74) is 0.249. The normalized spacial score (nSPS) is 11.8. The van der Waals surface area contributed by atoms with Gasteiger partial charge >= 0.3 is 0 Å². The van der Waals surface area contributed by atoms with E-state index in [1.54, 1.807) is 44.4 Å². The summed E-state index contributed by atoms with van der Waals surface area (Å²) in [6, 6.07) is 10.4. The Balaban J connectivity index is 1.47. The Morgan fingerprint density at radius 2 is 1.96 bits per heavy atom. The minimum Gasteiger partial charge on any atom is -0.487 e. The second-order valence-corrected chi connectivity index (χ2v) is 11.2. The minimum atomic E-state index is -1.08. The number of pyridine rings is 1. The van der Waals surface area contributed by atoms with Crippen molar-refractivity contribution >= 4 is 45.0 Å². The monoisotopic (exact) mass is 639 g/mol. The number of halogens is 2. The average Bonchev–Trinajstić information content (AvgIpc) is 3.43. The zero-order valence-corrected chi connectivity index (χ0v) is 25.3. The van der Waals surface area contributed by atoms with E-state index in [4.69, 9.17) is 9.84 Å². The first-order chi connectivity index (χ1) is 21.5. The lowest BCUT2D eigenvalue weighted by molar-refractivity contribution is -0.128. The van der Waals surface area contributed by atoms with Gasteiger partial charge in [0.1, 0.15) is 47.3 Å². The summed E-state index contributed by atoms with van der Waals surface area (Å²) in [7, 11) is 3.20. The lowest BCUT2D eigenvalue weighted by atomic mass is 10.1. The molecule has 11 nitrogen and oxygen atoms in total. The molecule has 0 saturated heterocycles. The Morgan fingerprint density at radius 3 is 2.69 bits per heavy atom. The van der Waals surface area contributed by atoms with Gasteiger partial charge in [-0.1, -0.05) is 12.1 Å². The first-order valence-electron chi connectivity index (χ1n) is 13.8. The third kappa shape index (κ3) is 8.80. The van der Waals surface area contributed by atoms with Crippen LogP contribution < -0.4 is 20.9 Å². The van der Waals surface area contributed by atoms with E-state index in [9.17, 15) is 28.0 Å². The van der Waals surface area contributed by atoms with Crippen LogP contribution in [0.2, 0.25) is 0 Å². The molecule has 14 heteroatoms. The number of anilines is 1. The molecule has 3 amide bonds. The SMILES string of the molecule is CN(C)C(=O)/C=C/CC[C@H](NC(=O)CO)C(=O)Nc1cccn(Cc2nc3cccc(OCc4ccc(F)cc4F)c3s2)c1=O. The second kappa shape index (κ2) is 15.2. The minimum absolute atomic E-state index is 0.0319. The highest BCUT2D eigenvalue weighted by atomic mass is 32.1. The van der Waals surface area contributed by atoms with Gasteiger partial charge in [0.2, 0.25) is 17.7 Å². The topological polar surface area (TPSA) is 143 Å². The third-order valence-electron chi connectivity index (χ3n) is 6.52. The molecule has 2 heterocycles. The van der Waals surface area contributed by atoms with Crippen molar-refractivity contribution in [3.8, 4) is 5.75 Å². The number of hydrogen-bond acceptors (Lipinski definition) is 8. The smallest absolute Gasteiger partial charge is 0.274 e. The molecule has 45 heavy (non-hydrogen) atoms. The van der Waals surface area contributed by atoms with Gasteiger partial charge in [-0.05, 0) is 55.3 Å². The number of nitrogens with zero attached hydrogens (tertiary/aromatic N) is 3. The molecule has 0 fully saturated rings. The summed E-state index contributed by atoms with van der Waals surface area (Å²) in [6.45, 7) is -0.873. The number of hydrogen-bond donors (Lipinski definition) is 3. The Kier molecular flexibility index (Phi) is 11.1. The van der Waals surface area contributed by atoms with Crippen molar-refractivity contribution in [3.63, 3.8) is 0 Å². The first kappa shape index (κ1) is 33.0. The predicted octanol–water partition coefficient (Wildman–Crippen LogP) is 3.20. The van der Waals surface area contributed by atoms with E-state index >= 15 is 0 Å². The quantitative estimate of drug-likeness (QED) is 0.191. The van der Waals surface area contributed by atoms with Gasteiger partial charge in [-0.2, -0.15) is 0 Å². The van der Waals surface area contributed by atoms with Crippen LogP contribution in [-0.4, -0.2) is 64.0 Å². The number of amides is 3. The lowest BCUT2D eigenvalue weighted by Crippen LogP contribution is -2.45. The molecule has 2 aromatic carbocycles. The van der Waals surface area contributed by atoms with Gasteiger partial charge in [-0.25, -0.2) is 13.8 Å². The number of aromatic nitrogens is 2. The molecule has 4 rings (SSSR count). The van der Waals surface area contributed by atoms with Gasteiger partial charge in [-0.15, -0.1) is 11.3 Å². The average molecular weight is 640 g/mol. The van der Waals surface area contributed by atoms with Crippen LogP contribution >= 0.6 is 11.3 Å². The van der Waals surface area contributed by atoms with Crippen molar-refractivity contribution in [2.45, 2.75) is 32.0 Å². The standard InChI is InChI=1S/C31H31F2N5O6S/c1-37(2)28(41)11-4-3-7-23(34-26(40)17-39)30(42)36-24-9-6-14-38(31(24)43)16-27-35-22-8-5-10-25(29(22)45-27)44-18-19-12-13-20(32)15-21(19)33/h4-6,8-15,23,39H,3,7,16-18H2,1-2H3,(H,34,40)(H,36,42)/b11-4+/t23-/m0/s1. The van der Waals surface area contributed by atoms with Crippen molar-refractivity contribution in [2.75, 3.05) is 26.0 Å². The van der Waals surface area contributed by atoms with Crippen molar-refractivity contribution in [3.05, 3.63) is 99.4 Å². The number of benzene rings is 2. The van der Waals surface area contributed by atoms with E-state index in [2.05, 4.69) is 15.6 Å². The lowest BCUT2D eigenvalue weighted by Gasteiger charge is -2.17. The molecule has 3 N–H and O–H groups in total. The van der Waals surface area contributed by atoms with Crippen LogP contribution in [0.4, 0.5) is 14.5 Å². The molecule has 0 aliphatic rings. The summed E-state index contributed by atoms with van der Waals surface area (Å²) >= 11 is 1.28. The van der Waals surface area contributed by atoms with E-state index < -0.39 is 41.7 Å². The van der Waals surface area contributed by atoms with Gasteiger partial charge < -0.3 is 29.9 Å². The Hall–Kier alpha value is -4.95. The molecular formula is C31H31F2N5O6S. The van der Waals surface area contributed by atoms with Crippen LogP contribution in [0.25, 0.3) is 10.2 Å². The molecular weight excluding hydrogens is 608 g/mol. The number of aliphatic hydroxyl groups excluding tert-OH is 1. The van der Waals surface area contributed by atoms with Crippen molar-refractivity contribution < 1.29 is 33.0 Å². The van der Waals surface area contributed by atoms with Gasteiger partial charge in [0.15, 0.2) is 0 Å². The van der Waals surface area contributed by atoms with Crippen LogP contribution in [0.15, 0.2) is 71.7 Å². The second-order valence-electron chi connectivity index (χ2n) is 10.1. The van der Waals surface area contributed by atoms with Gasteiger partial charge in [0.05, 0.1) is 16.8 Å². The zero-order valence-electron chi connectivity index (χ0n) is 24.5. The Bertz CT molecular complexity index is 1790. The zero-order chi connectivity index (χ0) is 32.5. The number of aliphatic hydroxyl groups is 1. The van der Waals surface area contributed by atoms with E-state index in [-0.39, 0.29) is 43.2 Å². The number of likely N-dealkylation sites (N-methyl/N-ethyl adjacent to an activating group) is 1. The van der Waals surface area contributed by atoms with E-state index in [1.165, 1.54) is 45.2 Å². The van der Waals surface area contributed by atoms with Crippen LogP contribution in [0.3, 0.4) is 0 Å². The molecule has 1 atom stereocenters. The fourth-order valence-corrected chi connectivity index (χ4v) is 5.20. The van der Waals surface area contributed by atoms with Crippen molar-refractivity contribution in [1.82, 2.24) is 19.8 Å². The fourth-order valence-electron chi connectivity index (χ4n) is 4.17. The Labute approximate surface area is 260 Å². The number of rotatable bonds is 13. The highest BCUT2D eigenvalue weighted by Gasteiger charge is 2.21. The molecule has 2 aromatic heterocycles. The summed E-state index contributed by atoms with van der Waals surface area (Å²) in [6.07, 6.45) is 4.83. The highest BCUT2D eigenvalue weighted by molar-refractivity contribution is 7.19. The maximum atomic E-state index is 14.1. The van der Waals surface area contributed by atoms with Crippen LogP contribution in [0.1, 0.15) is 23.4 Å². The van der Waals surface area contributed by atoms with E-state index in [0.29, 0.717) is 21.0 Å². The molecule has 0 aliphatic carbocycles. The molecule has 0 unspecified atom stereocenters. The van der Waals surface area contributed by atoms with Crippen LogP contribution in [0, 0.1) is 11.6 Å². The molecule has 0 radical (unpaired) electrons. The number of nitrogens with one attached hydrogen (secondary N) is 2. The molecule has 0 aliphatic heterocycles. The molecule has 0 spiro atoms. The third-order valence-corrected chi connectivity index (χ3v) is 7.59. The maximum Gasteiger partial charge on any atom is 0.274 e. The maximum absolute atomic E-state index is 14.1. The van der Waals surface area contributed by atoms with Crippen LogP contribution in [0.5, 0.6) is 5.75 Å². The number of carbonyl (C=O) groups is 3. The van der Waals surface area contributed by atoms with Gasteiger partial charge in [0, 0.05) is 31.9 Å². The number of fused-ring (bicyclic) bond motifs is 1. The molecule has 4 aromatic rings. The molecule has 0 bridgehead atoms. The highest BCUT2D eigenvalue weighted by Crippen LogP contribution is 2.32. The number of ether oxygens (including phenoxy) is 1. The number of thiazole rings is 1. The van der Waals surface area contributed by atoms with Gasteiger partial charge in [0.25, 0.3) is 5.56 Å². The summed E-state index contributed by atoms with van der Waals surface area (Å²) in [5, 5.41) is 14.7. The van der Waals surface area contributed by atoms with Crippen molar-refractivity contribution in [2.24, 2.45) is 0 Å². The van der Waals surface area contributed by atoms with E-state index in [0.717, 1.165) is 12.1 Å². The number of carbonyl (C=O) groups excluding carboxylic acids is 3. The predicted molar refractivity (Wildman–Crippen MR) is 165 cm³/mol. The summed E-state index contributed by atoms with van der Waals surface area (Å²) in [4.78, 5) is 55.9.